The standard InChI is InChI=1S/C13H17N3O5/c1-4-21-11(10-7-5-6-8-14-10)9-16(13(18)20-3)15-12(17)19-2/h5-9H,4H2,1-3H3,(H,15,17)/b11-9-. The van der Waals surface area contributed by atoms with E-state index in [9.17, 15) is 9.59 Å². The minimum Gasteiger partial charge on any atom is -0.490 e. The zero-order valence-electron chi connectivity index (χ0n) is 12.0. The molecule has 2 amide bonds. The summed E-state index contributed by atoms with van der Waals surface area (Å²) in [6.45, 7) is 2.14. The molecule has 0 aliphatic carbocycles. The molecule has 0 spiro atoms. The fourth-order valence-electron chi connectivity index (χ4n) is 1.33. The second-order valence-electron chi connectivity index (χ2n) is 3.58. The van der Waals surface area contributed by atoms with Gasteiger partial charge in [0, 0.05) is 6.20 Å². The van der Waals surface area contributed by atoms with Gasteiger partial charge in [0.25, 0.3) is 0 Å². The molecule has 0 unspecified atom stereocenters. The van der Waals surface area contributed by atoms with E-state index >= 15 is 0 Å². The first-order valence-electron chi connectivity index (χ1n) is 6.10. The van der Waals surface area contributed by atoms with Gasteiger partial charge in [0.2, 0.25) is 0 Å². The molecule has 1 rings (SSSR count). The fraction of sp³-hybridized carbons (Fsp3) is 0.308. The van der Waals surface area contributed by atoms with Crippen molar-refractivity contribution in [1.82, 2.24) is 15.4 Å². The summed E-state index contributed by atoms with van der Waals surface area (Å²) in [5.41, 5.74) is 2.69. The predicted octanol–water partition coefficient (Wildman–Crippen LogP) is 1.76. The zero-order valence-corrected chi connectivity index (χ0v) is 12.0. The van der Waals surface area contributed by atoms with Crippen LogP contribution in [0.3, 0.4) is 0 Å². The van der Waals surface area contributed by atoms with Crippen molar-refractivity contribution in [2.75, 3.05) is 20.8 Å². The highest BCUT2D eigenvalue weighted by atomic mass is 16.6. The molecule has 1 aromatic heterocycles. The fourth-order valence-corrected chi connectivity index (χ4v) is 1.33. The molecule has 0 bridgehead atoms. The quantitative estimate of drug-likeness (QED) is 0.672. The number of hydrogen-bond acceptors (Lipinski definition) is 6. The lowest BCUT2D eigenvalue weighted by molar-refractivity contribution is 0.108. The summed E-state index contributed by atoms with van der Waals surface area (Å²) >= 11 is 0. The van der Waals surface area contributed by atoms with Crippen molar-refractivity contribution in [2.45, 2.75) is 6.92 Å². The van der Waals surface area contributed by atoms with Gasteiger partial charge in [-0.3, -0.25) is 4.98 Å². The molecule has 0 aromatic carbocycles. The predicted molar refractivity (Wildman–Crippen MR) is 73.6 cm³/mol. The van der Waals surface area contributed by atoms with Crippen LogP contribution in [0.25, 0.3) is 5.76 Å². The van der Waals surface area contributed by atoms with Gasteiger partial charge < -0.3 is 14.2 Å². The van der Waals surface area contributed by atoms with E-state index in [2.05, 4.69) is 19.9 Å². The van der Waals surface area contributed by atoms with E-state index in [1.807, 2.05) is 0 Å². The molecule has 0 aliphatic heterocycles. The van der Waals surface area contributed by atoms with Gasteiger partial charge in [0.05, 0.1) is 27.0 Å². The highest BCUT2D eigenvalue weighted by molar-refractivity contribution is 5.76. The van der Waals surface area contributed by atoms with Crippen molar-refractivity contribution in [3.8, 4) is 0 Å². The molecule has 1 N–H and O–H groups in total. The maximum atomic E-state index is 11.6. The molecule has 0 saturated carbocycles. The largest absolute Gasteiger partial charge is 0.490 e. The van der Waals surface area contributed by atoms with Crippen molar-refractivity contribution in [3.05, 3.63) is 36.3 Å². The normalized spacial score (nSPS) is 10.5. The van der Waals surface area contributed by atoms with E-state index in [1.54, 1.807) is 31.3 Å². The summed E-state index contributed by atoms with van der Waals surface area (Å²) in [7, 11) is 2.36. The number of pyridine rings is 1. The van der Waals surface area contributed by atoms with E-state index in [4.69, 9.17) is 4.74 Å². The van der Waals surface area contributed by atoms with Crippen LogP contribution in [0, 0.1) is 0 Å². The first kappa shape index (κ1) is 16.3. The molecular formula is C13H17N3O5. The molecule has 8 nitrogen and oxygen atoms in total. The van der Waals surface area contributed by atoms with Crippen LogP contribution in [0.4, 0.5) is 9.59 Å². The van der Waals surface area contributed by atoms with Gasteiger partial charge in [0.15, 0.2) is 5.76 Å². The van der Waals surface area contributed by atoms with E-state index < -0.39 is 12.2 Å². The number of rotatable bonds is 4. The molecule has 8 heteroatoms. The second kappa shape index (κ2) is 8.41. The van der Waals surface area contributed by atoms with Gasteiger partial charge in [-0.1, -0.05) is 6.07 Å². The second-order valence-corrected chi connectivity index (χ2v) is 3.58. The van der Waals surface area contributed by atoms with Gasteiger partial charge in [0.1, 0.15) is 5.69 Å². The van der Waals surface area contributed by atoms with E-state index in [1.165, 1.54) is 20.4 Å². The zero-order chi connectivity index (χ0) is 15.7. The summed E-state index contributed by atoms with van der Waals surface area (Å²) in [5, 5.41) is 0.811. The van der Waals surface area contributed by atoms with Gasteiger partial charge >= 0.3 is 12.2 Å². The van der Waals surface area contributed by atoms with Crippen LogP contribution >= 0.6 is 0 Å². The number of carbonyl (C=O) groups excluding carboxylic acids is 2. The molecule has 114 valence electrons. The van der Waals surface area contributed by atoms with Gasteiger partial charge in [-0.05, 0) is 19.1 Å². The Morgan fingerprint density at radius 1 is 1.33 bits per heavy atom. The topological polar surface area (TPSA) is 90.0 Å². The molecule has 0 atom stereocenters. The number of methoxy groups -OCH3 is 2. The highest BCUT2D eigenvalue weighted by Crippen LogP contribution is 2.13. The van der Waals surface area contributed by atoms with E-state index in [0.29, 0.717) is 18.1 Å². The summed E-state index contributed by atoms with van der Waals surface area (Å²) in [6.07, 6.45) is 1.20. The Labute approximate surface area is 122 Å². The number of ether oxygens (including phenoxy) is 3. The van der Waals surface area contributed by atoms with Crippen LogP contribution in [0.1, 0.15) is 12.6 Å². The highest BCUT2D eigenvalue weighted by Gasteiger charge is 2.17. The molecule has 0 fully saturated rings. The maximum Gasteiger partial charge on any atom is 0.432 e. The van der Waals surface area contributed by atoms with Crippen LogP contribution < -0.4 is 5.43 Å². The molecule has 21 heavy (non-hydrogen) atoms. The van der Waals surface area contributed by atoms with Crippen molar-refractivity contribution in [2.24, 2.45) is 0 Å². The third-order valence-corrected chi connectivity index (χ3v) is 2.23. The Balaban J connectivity index is 3.07. The maximum absolute atomic E-state index is 11.6. The lowest BCUT2D eigenvalue weighted by Crippen LogP contribution is -2.42. The summed E-state index contributed by atoms with van der Waals surface area (Å²) in [4.78, 5) is 27.0. The van der Waals surface area contributed by atoms with E-state index in [-0.39, 0.29) is 0 Å². The number of hydrogen-bond donors (Lipinski definition) is 1. The van der Waals surface area contributed by atoms with Crippen molar-refractivity contribution in [3.63, 3.8) is 0 Å². The van der Waals surface area contributed by atoms with E-state index in [0.717, 1.165) is 5.01 Å². The molecule has 1 heterocycles. The van der Waals surface area contributed by atoms with Crippen LogP contribution in [-0.4, -0.2) is 43.0 Å². The Morgan fingerprint density at radius 2 is 2.10 bits per heavy atom. The van der Waals surface area contributed by atoms with Crippen LogP contribution in [-0.2, 0) is 14.2 Å². The Morgan fingerprint density at radius 3 is 2.62 bits per heavy atom. The van der Waals surface area contributed by atoms with Crippen LogP contribution in [0.5, 0.6) is 0 Å². The number of amides is 2. The smallest absolute Gasteiger partial charge is 0.432 e. The van der Waals surface area contributed by atoms with Crippen molar-refractivity contribution >= 4 is 17.9 Å². The Kier molecular flexibility index (Phi) is 6.52. The average molecular weight is 295 g/mol. The minimum absolute atomic E-state index is 0.292. The van der Waals surface area contributed by atoms with Gasteiger partial charge in [-0.25, -0.2) is 15.0 Å². The average Bonchev–Trinajstić information content (AvgIpc) is 2.53. The molecule has 0 aliphatic rings. The Hall–Kier alpha value is -2.77. The number of aromatic nitrogens is 1. The molecule has 1 aromatic rings. The SMILES string of the molecule is CCO/C(=C\N(NC(=O)OC)C(=O)OC)c1ccccn1. The van der Waals surface area contributed by atoms with Crippen LogP contribution in [0.15, 0.2) is 30.6 Å². The summed E-state index contributed by atoms with van der Waals surface area (Å²) in [5.74, 6) is 0.292. The van der Waals surface area contributed by atoms with Gasteiger partial charge in [-0.2, -0.15) is 5.01 Å². The number of nitrogens with zero attached hydrogens (tertiary/aromatic N) is 2. The summed E-state index contributed by atoms with van der Waals surface area (Å²) < 4.78 is 14.4. The first-order chi connectivity index (χ1) is 10.1. The lowest BCUT2D eigenvalue weighted by Gasteiger charge is -2.18. The first-order valence-corrected chi connectivity index (χ1v) is 6.10. The molecule has 0 radical (unpaired) electrons. The van der Waals surface area contributed by atoms with Gasteiger partial charge in [-0.15, -0.1) is 0 Å². The van der Waals surface area contributed by atoms with Crippen molar-refractivity contribution < 1.29 is 23.8 Å². The molecule has 0 saturated heterocycles. The third kappa shape index (κ3) is 5.01. The third-order valence-electron chi connectivity index (χ3n) is 2.23. The lowest BCUT2D eigenvalue weighted by atomic mass is 10.3. The van der Waals surface area contributed by atoms with Crippen molar-refractivity contribution in [1.29, 1.82) is 0 Å². The van der Waals surface area contributed by atoms with Crippen LogP contribution in [0.2, 0.25) is 0 Å². The Bertz CT molecular complexity index is 504. The summed E-state index contributed by atoms with van der Waals surface area (Å²) in [6, 6.07) is 5.22. The molecular weight excluding hydrogens is 278 g/mol. The number of carbonyl (C=O) groups is 2. The monoisotopic (exact) mass is 295 g/mol. The minimum atomic E-state index is -0.825. The number of nitrogens with one attached hydrogen (secondary N) is 1. The number of hydrazine groups is 1.